The molecule has 1 heterocycles. The molecule has 0 bridgehead atoms. The Bertz CT molecular complexity index is 748. The van der Waals surface area contributed by atoms with E-state index in [4.69, 9.17) is 0 Å². The van der Waals surface area contributed by atoms with Crippen molar-refractivity contribution < 1.29 is 0 Å². The number of halogens is 3. The van der Waals surface area contributed by atoms with Gasteiger partial charge in [-0.3, -0.25) is 0 Å². The number of benzene rings is 2. The lowest BCUT2D eigenvalue weighted by molar-refractivity contribution is 0.960. The maximum Gasteiger partial charge on any atom is 0.0488 e. The minimum atomic E-state index is 0.333. The molecule has 4 heteroatoms. The molecule has 102 valence electrons. The summed E-state index contributed by atoms with van der Waals surface area (Å²) in [5, 5.41) is 3.59. The number of thiophene rings is 1. The van der Waals surface area contributed by atoms with Crippen molar-refractivity contribution in [2.45, 2.75) is 11.2 Å². The van der Waals surface area contributed by atoms with Crippen molar-refractivity contribution in [1.29, 1.82) is 0 Å². The van der Waals surface area contributed by atoms with E-state index in [0.717, 1.165) is 10.9 Å². The summed E-state index contributed by atoms with van der Waals surface area (Å²) in [5.41, 5.74) is 2.70. The molecule has 1 unspecified atom stereocenters. The van der Waals surface area contributed by atoms with E-state index in [0.29, 0.717) is 4.83 Å². The summed E-state index contributed by atoms with van der Waals surface area (Å²) in [6.07, 6.45) is 0.984. The first-order chi connectivity index (χ1) is 9.65. The lowest BCUT2D eigenvalue weighted by Crippen LogP contribution is -1.94. The second-order valence-electron chi connectivity index (χ2n) is 4.61. The van der Waals surface area contributed by atoms with E-state index >= 15 is 0 Å². The summed E-state index contributed by atoms with van der Waals surface area (Å²) < 4.78 is 3.63. The standard InChI is InChI=1S/C16H11Br3S/c17-11-4-1-3-10(7-11)8-15(19)13-9-20-16-12(13)5-2-6-14(16)18/h1-7,9,15H,8H2. The van der Waals surface area contributed by atoms with Crippen molar-refractivity contribution in [1.82, 2.24) is 0 Å². The second-order valence-corrected chi connectivity index (χ2v) is 8.36. The fourth-order valence-corrected chi connectivity index (χ4v) is 5.32. The molecule has 20 heavy (non-hydrogen) atoms. The maximum atomic E-state index is 3.85. The lowest BCUT2D eigenvalue weighted by Gasteiger charge is -2.10. The Kier molecular flexibility index (Phi) is 4.65. The summed E-state index contributed by atoms with van der Waals surface area (Å²) in [6, 6.07) is 14.9. The van der Waals surface area contributed by atoms with Gasteiger partial charge < -0.3 is 0 Å². The van der Waals surface area contributed by atoms with E-state index in [1.54, 1.807) is 11.3 Å². The van der Waals surface area contributed by atoms with E-state index in [-0.39, 0.29) is 0 Å². The van der Waals surface area contributed by atoms with Crippen molar-refractivity contribution in [3.8, 4) is 0 Å². The molecular weight excluding hydrogens is 464 g/mol. The third kappa shape index (κ3) is 3.03. The Labute approximate surface area is 147 Å². The van der Waals surface area contributed by atoms with Gasteiger partial charge >= 0.3 is 0 Å². The number of hydrogen-bond donors (Lipinski definition) is 0. The van der Waals surface area contributed by atoms with E-state index in [2.05, 4.69) is 95.6 Å². The predicted molar refractivity (Wildman–Crippen MR) is 99.0 cm³/mol. The minimum absolute atomic E-state index is 0.333. The highest BCUT2D eigenvalue weighted by Gasteiger charge is 2.14. The van der Waals surface area contributed by atoms with Gasteiger partial charge in [0.2, 0.25) is 0 Å². The smallest absolute Gasteiger partial charge is 0.0488 e. The van der Waals surface area contributed by atoms with Gasteiger partial charge in [0.25, 0.3) is 0 Å². The highest BCUT2D eigenvalue weighted by atomic mass is 79.9. The zero-order chi connectivity index (χ0) is 14.1. The van der Waals surface area contributed by atoms with Crippen molar-refractivity contribution in [3.05, 3.63) is 67.9 Å². The van der Waals surface area contributed by atoms with Crippen LogP contribution >= 0.6 is 59.1 Å². The van der Waals surface area contributed by atoms with Gasteiger partial charge in [-0.05, 0) is 62.4 Å². The fraction of sp³-hybridized carbons (Fsp3) is 0.125. The normalized spacial score (nSPS) is 12.8. The zero-order valence-corrected chi connectivity index (χ0v) is 16.0. The van der Waals surface area contributed by atoms with Gasteiger partial charge in [0.1, 0.15) is 0 Å². The largest absolute Gasteiger partial charge is 0.142 e. The molecule has 0 saturated heterocycles. The Morgan fingerprint density at radius 1 is 1.05 bits per heavy atom. The Morgan fingerprint density at radius 3 is 2.65 bits per heavy atom. The van der Waals surface area contributed by atoms with Gasteiger partial charge in [0.05, 0.1) is 0 Å². The van der Waals surface area contributed by atoms with Crippen LogP contribution in [0.5, 0.6) is 0 Å². The zero-order valence-electron chi connectivity index (χ0n) is 10.4. The fourth-order valence-electron chi connectivity index (χ4n) is 2.27. The molecule has 0 fully saturated rings. The Balaban J connectivity index is 1.93. The third-order valence-corrected chi connectivity index (χ3v) is 6.50. The van der Waals surface area contributed by atoms with Crippen molar-refractivity contribution in [3.63, 3.8) is 0 Å². The topological polar surface area (TPSA) is 0 Å². The van der Waals surface area contributed by atoms with Gasteiger partial charge in [-0.1, -0.05) is 56.1 Å². The molecule has 3 aromatic rings. The van der Waals surface area contributed by atoms with E-state index in [9.17, 15) is 0 Å². The monoisotopic (exact) mass is 472 g/mol. The average Bonchev–Trinajstić information content (AvgIpc) is 2.84. The number of alkyl halides is 1. The van der Waals surface area contributed by atoms with Crippen LogP contribution in [0.2, 0.25) is 0 Å². The summed E-state index contributed by atoms with van der Waals surface area (Å²) >= 11 is 12.8. The molecule has 0 aliphatic heterocycles. The first kappa shape index (κ1) is 14.8. The first-order valence-electron chi connectivity index (χ1n) is 6.19. The highest BCUT2D eigenvalue weighted by molar-refractivity contribution is 9.11. The van der Waals surface area contributed by atoms with Gasteiger partial charge in [-0.25, -0.2) is 0 Å². The summed E-state index contributed by atoms with van der Waals surface area (Å²) in [4.78, 5) is 0.333. The maximum absolute atomic E-state index is 3.85. The molecule has 0 aliphatic rings. The molecule has 2 aromatic carbocycles. The summed E-state index contributed by atoms with van der Waals surface area (Å²) in [5.74, 6) is 0. The molecule has 1 atom stereocenters. The molecule has 0 amide bonds. The lowest BCUT2D eigenvalue weighted by atomic mass is 10.0. The quantitative estimate of drug-likeness (QED) is 0.355. The Hall–Kier alpha value is -0.160. The predicted octanol–water partition coefficient (Wildman–Crippen LogP) is 7.11. The molecule has 0 radical (unpaired) electrons. The highest BCUT2D eigenvalue weighted by Crippen LogP contribution is 2.39. The summed E-state index contributed by atoms with van der Waals surface area (Å²) in [7, 11) is 0. The molecule has 0 nitrogen and oxygen atoms in total. The van der Waals surface area contributed by atoms with Gasteiger partial charge in [0, 0.05) is 18.5 Å². The number of rotatable bonds is 3. The SMILES string of the molecule is Brc1cccc(CC(Br)c2csc3c(Br)cccc23)c1. The van der Waals surface area contributed by atoms with Gasteiger partial charge in [0.15, 0.2) is 0 Å². The van der Waals surface area contributed by atoms with E-state index < -0.39 is 0 Å². The first-order valence-corrected chi connectivity index (χ1v) is 9.57. The van der Waals surface area contributed by atoms with E-state index in [1.165, 1.54) is 25.7 Å². The third-order valence-electron chi connectivity index (χ3n) is 3.22. The van der Waals surface area contributed by atoms with Crippen LogP contribution in [0, 0.1) is 0 Å². The molecule has 0 aliphatic carbocycles. The van der Waals surface area contributed by atoms with Crippen molar-refractivity contribution in [2.75, 3.05) is 0 Å². The molecule has 3 rings (SSSR count). The molecule has 0 spiro atoms. The molecule has 0 N–H and O–H groups in total. The molecule has 0 saturated carbocycles. The van der Waals surface area contributed by atoms with Crippen LogP contribution in [-0.2, 0) is 6.42 Å². The van der Waals surface area contributed by atoms with Gasteiger partial charge in [-0.15, -0.1) is 11.3 Å². The van der Waals surface area contributed by atoms with Crippen LogP contribution < -0.4 is 0 Å². The summed E-state index contributed by atoms with van der Waals surface area (Å²) in [6.45, 7) is 0. The average molecular weight is 475 g/mol. The van der Waals surface area contributed by atoms with Gasteiger partial charge in [-0.2, -0.15) is 0 Å². The Morgan fingerprint density at radius 2 is 1.85 bits per heavy atom. The van der Waals surface area contributed by atoms with Crippen LogP contribution in [0.4, 0.5) is 0 Å². The van der Waals surface area contributed by atoms with Crippen molar-refractivity contribution >= 4 is 69.2 Å². The van der Waals surface area contributed by atoms with Crippen LogP contribution in [0.15, 0.2) is 56.8 Å². The van der Waals surface area contributed by atoms with Crippen LogP contribution in [-0.4, -0.2) is 0 Å². The van der Waals surface area contributed by atoms with Crippen LogP contribution in [0.1, 0.15) is 16.0 Å². The molecular formula is C16H11Br3S. The second kappa shape index (κ2) is 6.30. The van der Waals surface area contributed by atoms with Crippen molar-refractivity contribution in [2.24, 2.45) is 0 Å². The van der Waals surface area contributed by atoms with E-state index in [1.807, 2.05) is 0 Å². The number of fused-ring (bicyclic) bond motifs is 1. The molecule has 1 aromatic heterocycles. The number of hydrogen-bond acceptors (Lipinski definition) is 1. The van der Waals surface area contributed by atoms with Crippen LogP contribution in [0.25, 0.3) is 10.1 Å². The van der Waals surface area contributed by atoms with Crippen LogP contribution in [0.3, 0.4) is 0 Å². The minimum Gasteiger partial charge on any atom is -0.142 e.